The van der Waals surface area contributed by atoms with Crippen LogP contribution in [0.3, 0.4) is 0 Å². The first-order valence-electron chi connectivity index (χ1n) is 8.31. The highest BCUT2D eigenvalue weighted by Crippen LogP contribution is 2.31. The molecular formula is C21H22O2. The average molecular weight is 306 g/mol. The van der Waals surface area contributed by atoms with Gasteiger partial charge >= 0.3 is 0 Å². The summed E-state index contributed by atoms with van der Waals surface area (Å²) in [6.45, 7) is 6.63. The molecule has 0 aliphatic heterocycles. The van der Waals surface area contributed by atoms with Gasteiger partial charge in [-0.2, -0.15) is 0 Å². The second-order valence-corrected chi connectivity index (χ2v) is 6.88. The summed E-state index contributed by atoms with van der Waals surface area (Å²) in [5.41, 5.74) is 3.28. The standard InChI is InChI=1S/C21H22O2/c1-13(2)8-9-14(3)15-10-11-18-19(12-15)21(23)17-7-5-4-6-16(17)20(18)22/h4-7,10-14H,8-9H2,1-3H3. The lowest BCUT2D eigenvalue weighted by Gasteiger charge is -2.20. The lowest BCUT2D eigenvalue weighted by molar-refractivity contribution is 0.0979. The van der Waals surface area contributed by atoms with Crippen molar-refractivity contribution in [1.82, 2.24) is 0 Å². The summed E-state index contributed by atoms with van der Waals surface area (Å²) >= 11 is 0. The third kappa shape index (κ3) is 2.86. The molecule has 0 heterocycles. The fourth-order valence-electron chi connectivity index (χ4n) is 3.17. The van der Waals surface area contributed by atoms with E-state index in [0.717, 1.165) is 18.4 Å². The molecule has 2 heteroatoms. The molecule has 118 valence electrons. The van der Waals surface area contributed by atoms with Crippen LogP contribution in [-0.2, 0) is 0 Å². The maximum absolute atomic E-state index is 12.7. The van der Waals surface area contributed by atoms with Gasteiger partial charge in [-0.15, -0.1) is 0 Å². The van der Waals surface area contributed by atoms with Crippen LogP contribution >= 0.6 is 0 Å². The van der Waals surface area contributed by atoms with Crippen molar-refractivity contribution in [3.63, 3.8) is 0 Å². The summed E-state index contributed by atoms with van der Waals surface area (Å²) in [6, 6.07) is 12.8. The number of benzene rings is 2. The van der Waals surface area contributed by atoms with Crippen LogP contribution in [0, 0.1) is 5.92 Å². The molecule has 0 saturated carbocycles. The molecule has 1 atom stereocenters. The molecule has 0 spiro atoms. The number of carbonyl (C=O) groups excluding carboxylic acids is 2. The van der Waals surface area contributed by atoms with E-state index in [1.54, 1.807) is 18.2 Å². The van der Waals surface area contributed by atoms with Crippen molar-refractivity contribution in [1.29, 1.82) is 0 Å². The van der Waals surface area contributed by atoms with Gasteiger partial charge in [-0.05, 0) is 29.9 Å². The highest BCUT2D eigenvalue weighted by Gasteiger charge is 2.29. The minimum absolute atomic E-state index is 0.0342. The fourth-order valence-corrected chi connectivity index (χ4v) is 3.17. The van der Waals surface area contributed by atoms with E-state index in [1.807, 2.05) is 24.3 Å². The highest BCUT2D eigenvalue weighted by molar-refractivity contribution is 6.28. The first-order valence-corrected chi connectivity index (χ1v) is 8.31. The second-order valence-electron chi connectivity index (χ2n) is 6.88. The maximum atomic E-state index is 12.7. The molecule has 1 aliphatic rings. The second kappa shape index (κ2) is 6.11. The summed E-state index contributed by atoms with van der Waals surface area (Å²) in [5, 5.41) is 0. The number of fused-ring (bicyclic) bond motifs is 2. The molecule has 0 saturated heterocycles. The van der Waals surface area contributed by atoms with Crippen LogP contribution in [0.15, 0.2) is 42.5 Å². The number of hydrogen-bond acceptors (Lipinski definition) is 2. The van der Waals surface area contributed by atoms with Gasteiger partial charge in [0.1, 0.15) is 0 Å². The number of hydrogen-bond donors (Lipinski definition) is 0. The topological polar surface area (TPSA) is 34.1 Å². The van der Waals surface area contributed by atoms with Crippen LogP contribution in [0.25, 0.3) is 0 Å². The zero-order valence-corrected chi connectivity index (χ0v) is 13.9. The van der Waals surface area contributed by atoms with Gasteiger partial charge in [0.25, 0.3) is 0 Å². The summed E-state index contributed by atoms with van der Waals surface area (Å²) < 4.78 is 0. The Balaban J connectivity index is 1.97. The normalized spacial score (nSPS) is 14.6. The van der Waals surface area contributed by atoms with Crippen molar-refractivity contribution >= 4 is 11.6 Å². The van der Waals surface area contributed by atoms with E-state index in [-0.39, 0.29) is 11.6 Å². The van der Waals surface area contributed by atoms with Crippen molar-refractivity contribution in [2.75, 3.05) is 0 Å². The largest absolute Gasteiger partial charge is 0.289 e. The van der Waals surface area contributed by atoms with Crippen molar-refractivity contribution < 1.29 is 9.59 Å². The molecule has 2 aromatic rings. The molecule has 1 unspecified atom stereocenters. The van der Waals surface area contributed by atoms with Crippen LogP contribution in [0.4, 0.5) is 0 Å². The van der Waals surface area contributed by atoms with E-state index in [9.17, 15) is 9.59 Å². The maximum Gasteiger partial charge on any atom is 0.194 e. The summed E-state index contributed by atoms with van der Waals surface area (Å²) in [5.74, 6) is 0.984. The first-order chi connectivity index (χ1) is 11.0. The Labute approximate surface area is 137 Å². The Kier molecular flexibility index (Phi) is 4.16. The smallest absolute Gasteiger partial charge is 0.194 e. The molecule has 1 aliphatic carbocycles. The number of carbonyl (C=O) groups is 2. The number of rotatable bonds is 4. The fraction of sp³-hybridized carbons (Fsp3) is 0.333. The van der Waals surface area contributed by atoms with Crippen LogP contribution in [0.5, 0.6) is 0 Å². The van der Waals surface area contributed by atoms with Crippen LogP contribution in [0.1, 0.15) is 76.9 Å². The van der Waals surface area contributed by atoms with E-state index in [0.29, 0.717) is 34.1 Å². The highest BCUT2D eigenvalue weighted by atomic mass is 16.1. The zero-order valence-electron chi connectivity index (χ0n) is 13.9. The Morgan fingerprint density at radius 2 is 1.30 bits per heavy atom. The van der Waals surface area contributed by atoms with Gasteiger partial charge in [0.05, 0.1) is 0 Å². The van der Waals surface area contributed by atoms with Crippen molar-refractivity contribution in [2.24, 2.45) is 5.92 Å². The molecule has 3 rings (SSSR count). The van der Waals surface area contributed by atoms with E-state index >= 15 is 0 Å². The third-order valence-electron chi connectivity index (χ3n) is 4.70. The molecule has 2 aromatic carbocycles. The minimum Gasteiger partial charge on any atom is -0.289 e. The lowest BCUT2D eigenvalue weighted by atomic mass is 9.81. The molecule has 0 amide bonds. The van der Waals surface area contributed by atoms with Gasteiger partial charge in [-0.1, -0.05) is 63.6 Å². The minimum atomic E-state index is -0.0448. The quantitative estimate of drug-likeness (QED) is 0.679. The van der Waals surface area contributed by atoms with Crippen molar-refractivity contribution in [3.8, 4) is 0 Å². The third-order valence-corrected chi connectivity index (χ3v) is 4.70. The van der Waals surface area contributed by atoms with Gasteiger partial charge in [0, 0.05) is 22.3 Å². The average Bonchev–Trinajstić information content (AvgIpc) is 2.57. The zero-order chi connectivity index (χ0) is 16.6. The Bertz CT molecular complexity index is 771. The van der Waals surface area contributed by atoms with Crippen molar-refractivity contribution in [2.45, 2.75) is 39.5 Å². The molecule has 0 aromatic heterocycles. The SMILES string of the molecule is CC(C)CCC(C)c1ccc2c(c1)C(=O)c1ccccc1C2=O. The van der Waals surface area contributed by atoms with Crippen LogP contribution in [-0.4, -0.2) is 11.6 Å². The van der Waals surface area contributed by atoms with Gasteiger partial charge in [-0.3, -0.25) is 9.59 Å². The predicted molar refractivity (Wildman–Crippen MR) is 92.2 cm³/mol. The monoisotopic (exact) mass is 306 g/mol. The molecule has 0 radical (unpaired) electrons. The summed E-state index contributed by atoms with van der Waals surface area (Å²) in [4.78, 5) is 25.3. The van der Waals surface area contributed by atoms with E-state index in [1.165, 1.54) is 0 Å². The lowest BCUT2D eigenvalue weighted by Crippen LogP contribution is -2.21. The predicted octanol–water partition coefficient (Wildman–Crippen LogP) is 5.00. The Morgan fingerprint density at radius 1 is 0.739 bits per heavy atom. The van der Waals surface area contributed by atoms with Gasteiger partial charge in [0.2, 0.25) is 0 Å². The Morgan fingerprint density at radius 3 is 1.91 bits per heavy atom. The molecule has 2 nitrogen and oxygen atoms in total. The summed E-state index contributed by atoms with van der Waals surface area (Å²) in [6.07, 6.45) is 2.25. The molecule has 23 heavy (non-hydrogen) atoms. The molecule has 0 fully saturated rings. The van der Waals surface area contributed by atoms with Gasteiger partial charge in [0.15, 0.2) is 11.6 Å². The molecular weight excluding hydrogens is 284 g/mol. The summed E-state index contributed by atoms with van der Waals surface area (Å²) in [7, 11) is 0. The molecule has 0 bridgehead atoms. The van der Waals surface area contributed by atoms with Crippen LogP contribution in [0.2, 0.25) is 0 Å². The molecule has 0 N–H and O–H groups in total. The number of ketones is 2. The first kappa shape index (κ1) is 15.7. The van der Waals surface area contributed by atoms with Crippen molar-refractivity contribution in [3.05, 3.63) is 70.3 Å². The van der Waals surface area contributed by atoms with Crippen LogP contribution < -0.4 is 0 Å². The van der Waals surface area contributed by atoms with E-state index < -0.39 is 0 Å². The Hall–Kier alpha value is -2.22. The van der Waals surface area contributed by atoms with E-state index in [2.05, 4.69) is 20.8 Å². The van der Waals surface area contributed by atoms with Gasteiger partial charge in [-0.25, -0.2) is 0 Å². The van der Waals surface area contributed by atoms with E-state index in [4.69, 9.17) is 0 Å². The van der Waals surface area contributed by atoms with Gasteiger partial charge < -0.3 is 0 Å².